The highest BCUT2D eigenvalue weighted by molar-refractivity contribution is 6.28. The number of hydrogen-bond donors (Lipinski definition) is 0. The smallest absolute Gasteiger partial charge is 0.153 e. The van der Waals surface area contributed by atoms with Crippen LogP contribution in [0.3, 0.4) is 0 Å². The monoisotopic (exact) mass is 212 g/mol. The highest BCUT2D eigenvalue weighted by atomic mass is 35.5. The van der Waals surface area contributed by atoms with Crippen LogP contribution in [-0.2, 0) is 4.79 Å². The number of ketones is 1. The third-order valence-electron chi connectivity index (χ3n) is 4.75. The maximum atomic E-state index is 11.9. The molecule has 0 saturated heterocycles. The molecule has 4 bridgehead atoms. The second kappa shape index (κ2) is 2.98. The van der Waals surface area contributed by atoms with E-state index in [-0.39, 0.29) is 11.3 Å². The fourth-order valence-electron chi connectivity index (χ4n) is 4.59. The summed E-state index contributed by atoms with van der Waals surface area (Å²) in [5.41, 5.74) is 0.0382. The van der Waals surface area contributed by atoms with E-state index in [0.29, 0.717) is 5.78 Å². The normalized spacial score (nSPS) is 49.6. The van der Waals surface area contributed by atoms with Gasteiger partial charge in [0.15, 0.2) is 5.78 Å². The largest absolute Gasteiger partial charge is 0.298 e. The molecule has 0 spiro atoms. The fraction of sp³-hybridized carbons (Fsp3) is 0.917. The molecule has 2 heteroatoms. The van der Waals surface area contributed by atoms with Crippen molar-refractivity contribution in [2.75, 3.05) is 5.88 Å². The van der Waals surface area contributed by atoms with Gasteiger partial charge in [0.1, 0.15) is 0 Å². The number of carbonyl (C=O) groups excluding carboxylic acids is 1. The van der Waals surface area contributed by atoms with Gasteiger partial charge in [-0.2, -0.15) is 0 Å². The topological polar surface area (TPSA) is 17.1 Å². The summed E-state index contributed by atoms with van der Waals surface area (Å²) >= 11 is 5.74. The maximum absolute atomic E-state index is 11.9. The van der Waals surface area contributed by atoms with Gasteiger partial charge in [-0.15, -0.1) is 11.6 Å². The van der Waals surface area contributed by atoms with Crippen LogP contribution in [0.2, 0.25) is 0 Å². The number of rotatable bonds is 2. The first-order valence-corrected chi connectivity index (χ1v) is 6.34. The van der Waals surface area contributed by atoms with Crippen LogP contribution in [0.4, 0.5) is 0 Å². The molecule has 78 valence electrons. The standard InChI is InChI=1S/C12H17ClO/c13-7-11(14)12-4-8-1-9(5-12)3-10(2-8)6-12/h8-10H,1-7H2. The minimum Gasteiger partial charge on any atom is -0.298 e. The molecular formula is C12H17ClO. The molecule has 0 heterocycles. The average molecular weight is 213 g/mol. The van der Waals surface area contributed by atoms with Gasteiger partial charge in [-0.1, -0.05) is 0 Å². The van der Waals surface area contributed by atoms with E-state index < -0.39 is 0 Å². The first-order valence-electron chi connectivity index (χ1n) is 5.81. The highest BCUT2D eigenvalue weighted by Gasteiger charge is 2.53. The van der Waals surface area contributed by atoms with Crippen molar-refractivity contribution in [3.8, 4) is 0 Å². The van der Waals surface area contributed by atoms with Crippen LogP contribution < -0.4 is 0 Å². The summed E-state index contributed by atoms with van der Waals surface area (Å²) in [6.07, 6.45) is 7.66. The molecule has 0 atom stereocenters. The molecule has 0 aromatic carbocycles. The summed E-state index contributed by atoms with van der Waals surface area (Å²) in [6.45, 7) is 0. The predicted octanol–water partition coefficient (Wildman–Crippen LogP) is 3.01. The summed E-state index contributed by atoms with van der Waals surface area (Å²) in [5, 5.41) is 0. The first-order chi connectivity index (χ1) is 6.72. The molecule has 4 saturated carbocycles. The van der Waals surface area contributed by atoms with Gasteiger partial charge in [-0.05, 0) is 56.3 Å². The van der Waals surface area contributed by atoms with Crippen LogP contribution in [-0.4, -0.2) is 11.7 Å². The van der Waals surface area contributed by atoms with Gasteiger partial charge in [0.2, 0.25) is 0 Å². The molecule has 0 aromatic heterocycles. The Morgan fingerprint density at radius 1 is 1.07 bits per heavy atom. The van der Waals surface area contributed by atoms with E-state index in [4.69, 9.17) is 11.6 Å². The number of hydrogen-bond acceptors (Lipinski definition) is 1. The SMILES string of the molecule is O=C(CCl)C12CC3CC(CC(C3)C1)C2. The van der Waals surface area contributed by atoms with Crippen molar-refractivity contribution in [1.82, 2.24) is 0 Å². The quantitative estimate of drug-likeness (QED) is 0.644. The molecule has 0 radical (unpaired) electrons. The third kappa shape index (κ3) is 1.18. The fourth-order valence-corrected chi connectivity index (χ4v) is 4.88. The van der Waals surface area contributed by atoms with Crippen molar-refractivity contribution in [2.45, 2.75) is 38.5 Å². The first kappa shape index (κ1) is 9.21. The second-order valence-corrected chi connectivity index (χ2v) is 6.02. The van der Waals surface area contributed by atoms with Crippen molar-refractivity contribution in [1.29, 1.82) is 0 Å². The van der Waals surface area contributed by atoms with Gasteiger partial charge in [-0.25, -0.2) is 0 Å². The van der Waals surface area contributed by atoms with Crippen molar-refractivity contribution in [3.05, 3.63) is 0 Å². The van der Waals surface area contributed by atoms with Gasteiger partial charge < -0.3 is 0 Å². The van der Waals surface area contributed by atoms with Gasteiger partial charge in [-0.3, -0.25) is 4.79 Å². The minimum atomic E-state index is 0.0382. The Kier molecular flexibility index (Phi) is 1.96. The lowest BCUT2D eigenvalue weighted by Gasteiger charge is -2.55. The Hall–Kier alpha value is -0.0400. The summed E-state index contributed by atoms with van der Waals surface area (Å²) in [7, 11) is 0. The van der Waals surface area contributed by atoms with Crippen LogP contribution in [0.5, 0.6) is 0 Å². The molecule has 0 unspecified atom stereocenters. The van der Waals surface area contributed by atoms with Crippen molar-refractivity contribution >= 4 is 17.4 Å². The zero-order chi connectivity index (χ0) is 9.76. The highest BCUT2D eigenvalue weighted by Crippen LogP contribution is 2.60. The van der Waals surface area contributed by atoms with Gasteiger partial charge in [0.05, 0.1) is 5.88 Å². The van der Waals surface area contributed by atoms with Gasteiger partial charge in [0, 0.05) is 5.41 Å². The Morgan fingerprint density at radius 3 is 1.86 bits per heavy atom. The lowest BCUT2D eigenvalue weighted by molar-refractivity contribution is -0.141. The molecule has 1 nitrogen and oxygen atoms in total. The lowest BCUT2D eigenvalue weighted by atomic mass is 9.48. The van der Waals surface area contributed by atoms with Gasteiger partial charge in [0.25, 0.3) is 0 Å². The summed E-state index contributed by atoms with van der Waals surface area (Å²) in [6, 6.07) is 0. The average Bonchev–Trinajstić information content (AvgIpc) is 2.14. The van der Waals surface area contributed by atoms with Crippen LogP contribution in [0.15, 0.2) is 0 Å². The summed E-state index contributed by atoms with van der Waals surface area (Å²) in [4.78, 5) is 11.9. The van der Waals surface area contributed by atoms with Crippen LogP contribution in [0, 0.1) is 23.2 Å². The molecule has 4 fully saturated rings. The zero-order valence-corrected chi connectivity index (χ0v) is 9.22. The Bertz CT molecular complexity index is 236. The van der Waals surface area contributed by atoms with E-state index in [1.165, 1.54) is 19.3 Å². The maximum Gasteiger partial charge on any atom is 0.153 e. The molecule has 4 rings (SSSR count). The van der Waals surface area contributed by atoms with Gasteiger partial charge >= 0.3 is 0 Å². The third-order valence-corrected chi connectivity index (χ3v) is 4.99. The molecule has 14 heavy (non-hydrogen) atoms. The van der Waals surface area contributed by atoms with E-state index in [1.54, 1.807) is 0 Å². The van der Waals surface area contributed by atoms with E-state index in [2.05, 4.69) is 0 Å². The van der Waals surface area contributed by atoms with E-state index in [1.807, 2.05) is 0 Å². The van der Waals surface area contributed by atoms with Crippen molar-refractivity contribution in [2.24, 2.45) is 23.2 Å². The number of alkyl halides is 1. The van der Waals surface area contributed by atoms with Crippen LogP contribution in [0.1, 0.15) is 38.5 Å². The second-order valence-electron chi connectivity index (χ2n) is 5.75. The zero-order valence-electron chi connectivity index (χ0n) is 8.47. The predicted molar refractivity (Wildman–Crippen MR) is 56.3 cm³/mol. The Balaban J connectivity index is 1.91. The van der Waals surface area contributed by atoms with Crippen LogP contribution >= 0.6 is 11.6 Å². The molecule has 4 aliphatic carbocycles. The molecule has 0 amide bonds. The molecule has 0 aliphatic heterocycles. The van der Waals surface area contributed by atoms with E-state index in [0.717, 1.165) is 37.0 Å². The van der Waals surface area contributed by atoms with E-state index >= 15 is 0 Å². The molecular weight excluding hydrogens is 196 g/mol. The van der Waals surface area contributed by atoms with E-state index in [9.17, 15) is 4.79 Å². The summed E-state index contributed by atoms with van der Waals surface area (Å²) < 4.78 is 0. The summed E-state index contributed by atoms with van der Waals surface area (Å²) in [5.74, 6) is 3.15. The number of carbonyl (C=O) groups is 1. The minimum absolute atomic E-state index is 0.0382. The Labute approximate surface area is 90.2 Å². The van der Waals surface area contributed by atoms with Crippen LogP contribution in [0.25, 0.3) is 0 Å². The number of Topliss-reactive ketones (excluding diaryl/α,β-unsaturated/α-hetero) is 1. The van der Waals surface area contributed by atoms with Crippen molar-refractivity contribution in [3.63, 3.8) is 0 Å². The molecule has 4 aliphatic rings. The van der Waals surface area contributed by atoms with Crippen molar-refractivity contribution < 1.29 is 4.79 Å². The molecule has 0 N–H and O–H groups in total. The molecule has 0 aromatic rings. The Morgan fingerprint density at radius 2 is 1.50 bits per heavy atom. The lowest BCUT2D eigenvalue weighted by Crippen LogP contribution is -2.50. The number of halogens is 1.